The van der Waals surface area contributed by atoms with Crippen LogP contribution in [0, 0.1) is 0 Å². The average molecular weight is 355 g/mol. The van der Waals surface area contributed by atoms with Crippen LogP contribution in [-0.2, 0) is 18.8 Å². The van der Waals surface area contributed by atoms with Gasteiger partial charge in [0.1, 0.15) is 0 Å². The summed E-state index contributed by atoms with van der Waals surface area (Å²) in [6.45, 7) is 3.70. The molecule has 2 N–H and O–H groups in total. The van der Waals surface area contributed by atoms with E-state index in [1.807, 2.05) is 6.07 Å². The van der Waals surface area contributed by atoms with Crippen molar-refractivity contribution in [1.29, 1.82) is 0 Å². The Kier molecular flexibility index (Phi) is 7.28. The minimum atomic E-state index is -2.75. The summed E-state index contributed by atoms with van der Waals surface area (Å²) in [5.74, 6) is -2.75. The number of hydrogen-bond acceptors (Lipinski definition) is 1. The van der Waals surface area contributed by atoms with E-state index in [9.17, 15) is 8.78 Å². The SMILES string of the molecule is CC(F)(F)c1cccc(CCCN)c1.CCc1cccc2ccccc12. The molecule has 0 fully saturated rings. The monoisotopic (exact) mass is 355 g/mol. The van der Waals surface area contributed by atoms with Gasteiger partial charge in [0.05, 0.1) is 0 Å². The highest BCUT2D eigenvalue weighted by atomic mass is 19.3. The van der Waals surface area contributed by atoms with Gasteiger partial charge in [-0.2, -0.15) is 0 Å². The van der Waals surface area contributed by atoms with Crippen LogP contribution in [0.15, 0.2) is 66.7 Å². The van der Waals surface area contributed by atoms with E-state index in [4.69, 9.17) is 5.73 Å². The number of rotatable bonds is 5. The molecule has 0 aliphatic heterocycles. The highest BCUT2D eigenvalue weighted by Crippen LogP contribution is 2.27. The molecule has 0 atom stereocenters. The van der Waals surface area contributed by atoms with Gasteiger partial charge in [-0.3, -0.25) is 0 Å². The fourth-order valence-electron chi connectivity index (χ4n) is 2.91. The van der Waals surface area contributed by atoms with Gasteiger partial charge in [0, 0.05) is 12.5 Å². The standard InChI is InChI=1S/C12H12.C11H15F2N/c1-2-10-7-5-8-11-6-3-4-9-12(10)11;1-11(12,13)10-6-2-4-9(8-10)5-3-7-14/h3-9H,2H2,1H3;2,4,6,8H,3,5,7,14H2,1H3. The molecule has 3 aromatic rings. The van der Waals surface area contributed by atoms with Crippen molar-refractivity contribution in [3.63, 3.8) is 0 Å². The van der Waals surface area contributed by atoms with Gasteiger partial charge in [-0.25, -0.2) is 8.78 Å². The zero-order chi connectivity index (χ0) is 19.0. The molecule has 0 bridgehead atoms. The van der Waals surface area contributed by atoms with Crippen LogP contribution >= 0.6 is 0 Å². The van der Waals surface area contributed by atoms with E-state index in [0.29, 0.717) is 6.54 Å². The van der Waals surface area contributed by atoms with E-state index in [1.54, 1.807) is 12.1 Å². The zero-order valence-corrected chi connectivity index (χ0v) is 15.5. The Balaban J connectivity index is 0.000000189. The number of alkyl halides is 2. The molecule has 3 heteroatoms. The van der Waals surface area contributed by atoms with E-state index >= 15 is 0 Å². The molecular formula is C23H27F2N. The number of aryl methyl sites for hydroxylation is 2. The molecule has 3 rings (SSSR count). The molecule has 0 aliphatic carbocycles. The third-order valence-corrected chi connectivity index (χ3v) is 4.36. The second kappa shape index (κ2) is 9.44. The van der Waals surface area contributed by atoms with Crippen LogP contribution in [0.3, 0.4) is 0 Å². The van der Waals surface area contributed by atoms with Gasteiger partial charge in [0.25, 0.3) is 5.92 Å². The Bertz CT molecular complexity index is 816. The molecule has 0 saturated heterocycles. The summed E-state index contributed by atoms with van der Waals surface area (Å²) in [5.41, 5.74) is 7.79. The minimum absolute atomic E-state index is 0.0759. The van der Waals surface area contributed by atoms with E-state index in [0.717, 1.165) is 31.7 Å². The first kappa shape index (κ1) is 20.1. The lowest BCUT2D eigenvalue weighted by molar-refractivity contribution is 0.0174. The number of benzene rings is 3. The van der Waals surface area contributed by atoms with E-state index in [1.165, 1.54) is 22.4 Å². The van der Waals surface area contributed by atoms with Gasteiger partial charge < -0.3 is 5.73 Å². The van der Waals surface area contributed by atoms with Crippen LogP contribution in [0.1, 0.15) is 37.0 Å². The molecular weight excluding hydrogens is 328 g/mol. The Morgan fingerprint density at radius 2 is 1.62 bits per heavy atom. The minimum Gasteiger partial charge on any atom is -0.330 e. The van der Waals surface area contributed by atoms with Crippen molar-refractivity contribution in [1.82, 2.24) is 0 Å². The molecule has 0 spiro atoms. The van der Waals surface area contributed by atoms with Crippen LogP contribution in [-0.4, -0.2) is 6.54 Å². The Labute approximate surface area is 154 Å². The van der Waals surface area contributed by atoms with Crippen LogP contribution in [0.5, 0.6) is 0 Å². The van der Waals surface area contributed by atoms with Gasteiger partial charge in [-0.1, -0.05) is 67.6 Å². The summed E-state index contributed by atoms with van der Waals surface area (Å²) < 4.78 is 25.9. The fraction of sp³-hybridized carbons (Fsp3) is 0.304. The summed E-state index contributed by atoms with van der Waals surface area (Å²) in [6.07, 6.45) is 2.71. The smallest absolute Gasteiger partial charge is 0.270 e. The normalized spacial score (nSPS) is 11.1. The third-order valence-electron chi connectivity index (χ3n) is 4.36. The van der Waals surface area contributed by atoms with Gasteiger partial charge in [0.2, 0.25) is 0 Å². The van der Waals surface area contributed by atoms with Crippen molar-refractivity contribution in [2.24, 2.45) is 5.73 Å². The summed E-state index contributed by atoms with van der Waals surface area (Å²) in [4.78, 5) is 0. The van der Waals surface area contributed by atoms with Gasteiger partial charge in [-0.05, 0) is 53.8 Å². The number of halogens is 2. The maximum Gasteiger partial charge on any atom is 0.270 e. The topological polar surface area (TPSA) is 26.0 Å². The largest absolute Gasteiger partial charge is 0.330 e. The second-order valence-electron chi connectivity index (χ2n) is 6.47. The lowest BCUT2D eigenvalue weighted by Gasteiger charge is -2.11. The van der Waals surface area contributed by atoms with Gasteiger partial charge in [0.15, 0.2) is 0 Å². The molecule has 0 amide bonds. The summed E-state index contributed by atoms with van der Waals surface area (Å²) in [6, 6.07) is 21.5. The lowest BCUT2D eigenvalue weighted by Crippen LogP contribution is -2.07. The van der Waals surface area contributed by atoms with Crippen LogP contribution in [0.2, 0.25) is 0 Å². The van der Waals surface area contributed by atoms with E-state index in [2.05, 4.69) is 49.4 Å². The molecule has 0 radical (unpaired) electrons. The highest BCUT2D eigenvalue weighted by molar-refractivity contribution is 5.85. The first-order chi connectivity index (χ1) is 12.5. The average Bonchev–Trinajstić information content (AvgIpc) is 2.66. The maximum atomic E-state index is 12.9. The maximum absolute atomic E-state index is 12.9. The Morgan fingerprint density at radius 1 is 0.923 bits per heavy atom. The van der Waals surface area contributed by atoms with Crippen LogP contribution < -0.4 is 5.73 Å². The summed E-state index contributed by atoms with van der Waals surface area (Å²) >= 11 is 0. The van der Waals surface area contributed by atoms with Crippen molar-refractivity contribution < 1.29 is 8.78 Å². The first-order valence-electron chi connectivity index (χ1n) is 9.09. The predicted molar refractivity (Wildman–Crippen MR) is 107 cm³/mol. The second-order valence-corrected chi connectivity index (χ2v) is 6.47. The number of fused-ring (bicyclic) bond motifs is 1. The first-order valence-corrected chi connectivity index (χ1v) is 9.09. The van der Waals surface area contributed by atoms with Crippen molar-refractivity contribution in [2.75, 3.05) is 6.54 Å². The Hall–Kier alpha value is -2.26. The van der Waals surface area contributed by atoms with Crippen molar-refractivity contribution in [3.8, 4) is 0 Å². The molecule has 0 unspecified atom stereocenters. The van der Waals surface area contributed by atoms with Crippen molar-refractivity contribution in [3.05, 3.63) is 83.4 Å². The number of hydrogen-bond donors (Lipinski definition) is 1. The Morgan fingerprint density at radius 3 is 2.31 bits per heavy atom. The van der Waals surface area contributed by atoms with E-state index in [-0.39, 0.29) is 5.56 Å². The van der Waals surface area contributed by atoms with Crippen LogP contribution in [0.25, 0.3) is 10.8 Å². The number of nitrogens with two attached hydrogens (primary N) is 1. The zero-order valence-electron chi connectivity index (χ0n) is 15.5. The molecule has 0 saturated carbocycles. The fourth-order valence-corrected chi connectivity index (χ4v) is 2.91. The lowest BCUT2D eigenvalue weighted by atomic mass is 10.0. The molecule has 138 valence electrons. The van der Waals surface area contributed by atoms with Crippen molar-refractivity contribution in [2.45, 2.75) is 39.0 Å². The molecule has 0 aromatic heterocycles. The predicted octanol–water partition coefficient (Wildman–Crippen LogP) is 6.09. The van der Waals surface area contributed by atoms with Crippen LogP contribution in [0.4, 0.5) is 8.78 Å². The van der Waals surface area contributed by atoms with Crippen molar-refractivity contribution >= 4 is 10.8 Å². The molecule has 0 aliphatic rings. The quantitative estimate of drug-likeness (QED) is 0.589. The molecule has 3 aromatic carbocycles. The van der Waals surface area contributed by atoms with Gasteiger partial charge >= 0.3 is 0 Å². The summed E-state index contributed by atoms with van der Waals surface area (Å²) in [5, 5.41) is 2.74. The molecule has 0 heterocycles. The van der Waals surface area contributed by atoms with E-state index < -0.39 is 5.92 Å². The summed E-state index contributed by atoms with van der Waals surface area (Å²) in [7, 11) is 0. The van der Waals surface area contributed by atoms with Gasteiger partial charge in [-0.15, -0.1) is 0 Å². The molecule has 1 nitrogen and oxygen atoms in total. The highest BCUT2D eigenvalue weighted by Gasteiger charge is 2.23. The molecule has 26 heavy (non-hydrogen) atoms. The third kappa shape index (κ3) is 5.63.